The van der Waals surface area contributed by atoms with E-state index in [4.69, 9.17) is 16.0 Å². The van der Waals surface area contributed by atoms with Crippen LogP contribution in [0.25, 0.3) is 34.2 Å². The Morgan fingerprint density at radius 1 is 1.04 bits per heavy atom. The minimum absolute atomic E-state index is 0.460. The van der Waals surface area contributed by atoms with E-state index in [1.165, 1.54) is 11.3 Å². The predicted octanol–water partition coefficient (Wildman–Crippen LogP) is 7.55. The topological polar surface area (TPSA) is 49.8 Å². The molecular formula is C22H12BrClN2OS. The molecule has 2 aromatic carbocycles. The van der Waals surface area contributed by atoms with Crippen LogP contribution in [-0.4, -0.2) is 4.98 Å². The van der Waals surface area contributed by atoms with Gasteiger partial charge in [-0.1, -0.05) is 51.8 Å². The smallest absolute Gasteiger partial charge is 0.134 e. The van der Waals surface area contributed by atoms with E-state index in [2.05, 4.69) is 27.0 Å². The van der Waals surface area contributed by atoms with Crippen molar-refractivity contribution < 1.29 is 4.42 Å². The second kappa shape index (κ2) is 8.15. The summed E-state index contributed by atoms with van der Waals surface area (Å²) in [6.45, 7) is 0. The number of furan rings is 1. The molecular weight excluding hydrogens is 456 g/mol. The molecule has 0 saturated carbocycles. The molecule has 0 aliphatic heterocycles. The van der Waals surface area contributed by atoms with Gasteiger partial charge in [-0.25, -0.2) is 4.98 Å². The van der Waals surface area contributed by atoms with Crippen molar-refractivity contribution in [3.63, 3.8) is 0 Å². The number of rotatable bonds is 4. The summed E-state index contributed by atoms with van der Waals surface area (Å²) in [7, 11) is 0. The fourth-order valence-electron chi connectivity index (χ4n) is 2.63. The maximum atomic E-state index is 9.60. The summed E-state index contributed by atoms with van der Waals surface area (Å²) in [6.07, 6.45) is 1.72. The largest absolute Gasteiger partial charge is 0.457 e. The molecule has 0 N–H and O–H groups in total. The first kappa shape index (κ1) is 18.7. The number of halogens is 2. The second-order valence-corrected chi connectivity index (χ2v) is 8.13. The van der Waals surface area contributed by atoms with Gasteiger partial charge in [0.05, 0.1) is 11.3 Å². The first-order valence-electron chi connectivity index (χ1n) is 8.32. The van der Waals surface area contributed by atoms with Crippen molar-refractivity contribution in [3.8, 4) is 28.7 Å². The summed E-state index contributed by atoms with van der Waals surface area (Å²) in [5, 5.41) is 12.8. The molecule has 0 bridgehead atoms. The SMILES string of the molecule is N#C/C(=C\c1ccc(-c2ccc(Br)cc2)o1)c1nc(-c2ccc(Cl)cc2)cs1. The van der Waals surface area contributed by atoms with E-state index < -0.39 is 0 Å². The Kier molecular flexibility index (Phi) is 5.45. The van der Waals surface area contributed by atoms with Crippen LogP contribution in [0.5, 0.6) is 0 Å². The van der Waals surface area contributed by atoms with Gasteiger partial charge in [-0.2, -0.15) is 5.26 Å². The molecule has 0 saturated heterocycles. The Bertz CT molecular complexity index is 1180. The summed E-state index contributed by atoms with van der Waals surface area (Å²) in [5.74, 6) is 1.36. The highest BCUT2D eigenvalue weighted by atomic mass is 79.9. The molecule has 2 aromatic heterocycles. The van der Waals surface area contributed by atoms with Crippen molar-refractivity contribution in [2.75, 3.05) is 0 Å². The lowest BCUT2D eigenvalue weighted by Crippen LogP contribution is -1.82. The van der Waals surface area contributed by atoms with Crippen molar-refractivity contribution in [2.24, 2.45) is 0 Å². The maximum Gasteiger partial charge on any atom is 0.134 e. The number of hydrogen-bond donors (Lipinski definition) is 0. The van der Waals surface area contributed by atoms with E-state index in [9.17, 15) is 5.26 Å². The van der Waals surface area contributed by atoms with Crippen molar-refractivity contribution in [1.29, 1.82) is 5.26 Å². The molecule has 0 radical (unpaired) electrons. The van der Waals surface area contributed by atoms with Gasteiger partial charge in [-0.3, -0.25) is 0 Å². The molecule has 0 aliphatic carbocycles. The van der Waals surface area contributed by atoms with Crippen LogP contribution in [0.2, 0.25) is 5.02 Å². The third-order valence-electron chi connectivity index (χ3n) is 4.04. The minimum Gasteiger partial charge on any atom is -0.457 e. The molecule has 6 heteroatoms. The van der Waals surface area contributed by atoms with Gasteiger partial charge in [0.25, 0.3) is 0 Å². The number of allylic oxidation sites excluding steroid dienone is 1. The molecule has 2 heterocycles. The van der Waals surface area contributed by atoms with Crippen LogP contribution in [0.1, 0.15) is 10.8 Å². The van der Waals surface area contributed by atoms with Gasteiger partial charge in [-0.05, 0) is 36.4 Å². The van der Waals surface area contributed by atoms with E-state index in [0.29, 0.717) is 21.4 Å². The Morgan fingerprint density at radius 2 is 1.75 bits per heavy atom. The summed E-state index contributed by atoms with van der Waals surface area (Å²) in [5.41, 5.74) is 3.20. The van der Waals surface area contributed by atoms with Gasteiger partial charge in [0.15, 0.2) is 0 Å². The predicted molar refractivity (Wildman–Crippen MR) is 118 cm³/mol. The van der Waals surface area contributed by atoms with Gasteiger partial charge in [0.1, 0.15) is 22.6 Å². The number of thiazole rings is 1. The highest BCUT2D eigenvalue weighted by Crippen LogP contribution is 2.29. The molecule has 0 spiro atoms. The van der Waals surface area contributed by atoms with Crippen molar-refractivity contribution in [1.82, 2.24) is 4.98 Å². The first-order chi connectivity index (χ1) is 13.6. The summed E-state index contributed by atoms with van der Waals surface area (Å²) in [4.78, 5) is 4.59. The van der Waals surface area contributed by atoms with Gasteiger partial charge in [0.2, 0.25) is 0 Å². The van der Waals surface area contributed by atoms with Crippen molar-refractivity contribution in [2.45, 2.75) is 0 Å². The maximum absolute atomic E-state index is 9.60. The molecule has 0 amide bonds. The zero-order valence-electron chi connectivity index (χ0n) is 14.4. The minimum atomic E-state index is 0.460. The zero-order chi connectivity index (χ0) is 19.5. The number of benzene rings is 2. The van der Waals surface area contributed by atoms with E-state index in [1.54, 1.807) is 6.08 Å². The Hall–Kier alpha value is -2.65. The van der Waals surface area contributed by atoms with E-state index in [0.717, 1.165) is 27.1 Å². The molecule has 136 valence electrons. The van der Waals surface area contributed by atoms with Crippen LogP contribution in [0.4, 0.5) is 0 Å². The number of aromatic nitrogens is 1. The fraction of sp³-hybridized carbons (Fsp3) is 0. The number of hydrogen-bond acceptors (Lipinski definition) is 4. The van der Waals surface area contributed by atoms with Crippen LogP contribution in [0, 0.1) is 11.3 Å². The molecule has 4 rings (SSSR count). The molecule has 3 nitrogen and oxygen atoms in total. The van der Waals surface area contributed by atoms with Gasteiger partial charge in [0, 0.05) is 32.1 Å². The first-order valence-corrected chi connectivity index (χ1v) is 10.4. The molecule has 28 heavy (non-hydrogen) atoms. The molecule has 0 fully saturated rings. The third kappa shape index (κ3) is 4.10. The standard InChI is InChI=1S/C22H12BrClN2OS/c23-17-5-1-15(2-6-17)21-10-9-19(27-21)11-16(12-25)22-26-20(13-28-22)14-3-7-18(24)8-4-14/h1-11,13H/b16-11+. The Morgan fingerprint density at radius 3 is 2.46 bits per heavy atom. The third-order valence-corrected chi connectivity index (χ3v) is 5.69. The molecule has 0 unspecified atom stereocenters. The summed E-state index contributed by atoms with van der Waals surface area (Å²) in [6, 6.07) is 21.3. The van der Waals surface area contributed by atoms with Gasteiger partial charge < -0.3 is 4.42 Å². The number of nitrogens with zero attached hydrogens (tertiary/aromatic N) is 2. The fourth-order valence-corrected chi connectivity index (χ4v) is 3.82. The highest BCUT2D eigenvalue weighted by molar-refractivity contribution is 9.10. The lowest BCUT2D eigenvalue weighted by Gasteiger charge is -1.97. The van der Waals surface area contributed by atoms with E-state index >= 15 is 0 Å². The van der Waals surface area contributed by atoms with Crippen LogP contribution in [0.3, 0.4) is 0 Å². The van der Waals surface area contributed by atoms with Crippen LogP contribution >= 0.6 is 38.9 Å². The van der Waals surface area contributed by atoms with Gasteiger partial charge >= 0.3 is 0 Å². The summed E-state index contributed by atoms with van der Waals surface area (Å²) >= 11 is 10.8. The Balaban J connectivity index is 1.61. The lowest BCUT2D eigenvalue weighted by atomic mass is 10.2. The normalized spacial score (nSPS) is 11.4. The van der Waals surface area contributed by atoms with Crippen LogP contribution < -0.4 is 0 Å². The molecule has 4 aromatic rings. The zero-order valence-corrected chi connectivity index (χ0v) is 17.6. The average Bonchev–Trinajstić information content (AvgIpc) is 3.37. The quantitative estimate of drug-likeness (QED) is 0.291. The van der Waals surface area contributed by atoms with Crippen LogP contribution in [0.15, 0.2) is 74.9 Å². The average molecular weight is 468 g/mol. The second-order valence-electron chi connectivity index (χ2n) is 5.92. The molecule has 0 atom stereocenters. The van der Waals surface area contributed by atoms with Crippen molar-refractivity contribution >= 4 is 50.5 Å². The molecule has 0 aliphatic rings. The number of nitriles is 1. The Labute approximate surface area is 179 Å². The lowest BCUT2D eigenvalue weighted by molar-refractivity contribution is 0.572. The highest BCUT2D eigenvalue weighted by Gasteiger charge is 2.11. The van der Waals surface area contributed by atoms with Gasteiger partial charge in [-0.15, -0.1) is 11.3 Å². The monoisotopic (exact) mass is 466 g/mol. The summed E-state index contributed by atoms with van der Waals surface area (Å²) < 4.78 is 6.90. The van der Waals surface area contributed by atoms with Crippen molar-refractivity contribution in [3.05, 3.63) is 86.3 Å². The van der Waals surface area contributed by atoms with E-state index in [-0.39, 0.29) is 0 Å². The van der Waals surface area contributed by atoms with E-state index in [1.807, 2.05) is 66.0 Å². The van der Waals surface area contributed by atoms with Crippen LogP contribution in [-0.2, 0) is 0 Å².